The van der Waals surface area contributed by atoms with Crippen LogP contribution in [0.5, 0.6) is 0 Å². The van der Waals surface area contributed by atoms with Gasteiger partial charge in [-0.1, -0.05) is 19.4 Å². The average Bonchev–Trinajstić information content (AvgIpc) is 2.16. The summed E-state index contributed by atoms with van der Waals surface area (Å²) in [5, 5.41) is 8.61. The van der Waals surface area contributed by atoms with E-state index in [0.717, 1.165) is 19.3 Å². The maximum Gasteiger partial charge on any atom is 0.307 e. The van der Waals surface area contributed by atoms with Gasteiger partial charge in [0, 0.05) is 0 Å². The maximum atomic E-state index is 11.5. The Bertz CT molecular complexity index is 319. The fourth-order valence-electron chi connectivity index (χ4n) is 1.32. The molecule has 0 aromatic rings. The van der Waals surface area contributed by atoms with Crippen LogP contribution in [0.4, 0.5) is 0 Å². The number of sulfone groups is 1. The third-order valence-corrected chi connectivity index (χ3v) is 4.21. The van der Waals surface area contributed by atoms with E-state index in [2.05, 4.69) is 6.58 Å². The average molecular weight is 248 g/mol. The Hall–Kier alpha value is -0.840. The van der Waals surface area contributed by atoms with Crippen LogP contribution < -0.4 is 0 Å². The second-order valence-corrected chi connectivity index (χ2v) is 6.22. The van der Waals surface area contributed by atoms with Crippen LogP contribution in [-0.4, -0.2) is 31.0 Å². The van der Waals surface area contributed by atoms with Gasteiger partial charge in [0.15, 0.2) is 9.84 Å². The minimum absolute atomic E-state index is 0.0851. The van der Waals surface area contributed by atoms with Crippen molar-refractivity contribution < 1.29 is 18.3 Å². The Labute approximate surface area is 97.3 Å². The van der Waals surface area contributed by atoms with Gasteiger partial charge in [0.05, 0.1) is 17.4 Å². The monoisotopic (exact) mass is 248 g/mol. The zero-order valence-corrected chi connectivity index (χ0v) is 10.5. The lowest BCUT2D eigenvalue weighted by Crippen LogP contribution is -2.22. The molecule has 0 radical (unpaired) electrons. The van der Waals surface area contributed by atoms with Crippen molar-refractivity contribution in [1.82, 2.24) is 0 Å². The van der Waals surface area contributed by atoms with Crippen molar-refractivity contribution in [1.29, 1.82) is 0 Å². The maximum absolute atomic E-state index is 11.5. The molecule has 0 bridgehead atoms. The molecule has 94 valence electrons. The number of rotatable bonds is 9. The zero-order chi connectivity index (χ0) is 12.6. The largest absolute Gasteiger partial charge is 0.481 e. The van der Waals surface area contributed by atoms with E-state index in [1.165, 1.54) is 6.92 Å². The van der Waals surface area contributed by atoms with Crippen LogP contribution in [0.3, 0.4) is 0 Å². The number of carboxylic acids is 1. The molecule has 0 amide bonds. The summed E-state index contributed by atoms with van der Waals surface area (Å²) in [6.07, 6.45) is 5.08. The van der Waals surface area contributed by atoms with Gasteiger partial charge in [-0.05, 0) is 19.3 Å². The van der Waals surface area contributed by atoms with E-state index in [-0.39, 0.29) is 11.5 Å². The number of carbonyl (C=O) groups is 1. The van der Waals surface area contributed by atoms with Gasteiger partial charge in [-0.15, -0.1) is 6.58 Å². The first kappa shape index (κ1) is 15.2. The normalized spacial score (nSPS) is 13.3. The first-order valence-corrected chi connectivity index (χ1v) is 7.25. The van der Waals surface area contributed by atoms with Gasteiger partial charge in [0.25, 0.3) is 0 Å². The smallest absolute Gasteiger partial charge is 0.307 e. The highest BCUT2D eigenvalue weighted by atomic mass is 32.2. The van der Waals surface area contributed by atoms with E-state index < -0.39 is 21.7 Å². The fraction of sp³-hybridized carbons (Fsp3) is 0.727. The molecule has 1 unspecified atom stereocenters. The second-order valence-electron chi connectivity index (χ2n) is 3.99. The molecular weight excluding hydrogens is 228 g/mol. The van der Waals surface area contributed by atoms with Crippen molar-refractivity contribution in [2.24, 2.45) is 5.92 Å². The van der Waals surface area contributed by atoms with Crippen LogP contribution in [0.15, 0.2) is 12.7 Å². The first-order valence-electron chi connectivity index (χ1n) is 5.43. The van der Waals surface area contributed by atoms with Crippen molar-refractivity contribution in [3.05, 3.63) is 12.7 Å². The highest BCUT2D eigenvalue weighted by molar-refractivity contribution is 7.91. The molecule has 5 heteroatoms. The van der Waals surface area contributed by atoms with E-state index in [1.54, 1.807) is 6.08 Å². The molecule has 0 aromatic carbocycles. The molecule has 1 N–H and O–H groups in total. The Morgan fingerprint density at radius 2 is 2.00 bits per heavy atom. The lowest BCUT2D eigenvalue weighted by atomic mass is 10.2. The van der Waals surface area contributed by atoms with Crippen LogP contribution in [0.25, 0.3) is 0 Å². The summed E-state index contributed by atoms with van der Waals surface area (Å²) in [7, 11) is -3.22. The minimum Gasteiger partial charge on any atom is -0.481 e. The van der Waals surface area contributed by atoms with Crippen LogP contribution in [0.2, 0.25) is 0 Å². The minimum atomic E-state index is -3.22. The van der Waals surface area contributed by atoms with Gasteiger partial charge in [-0.25, -0.2) is 8.42 Å². The summed E-state index contributed by atoms with van der Waals surface area (Å²) in [5.74, 6) is -2.06. The van der Waals surface area contributed by atoms with Crippen molar-refractivity contribution in [3.63, 3.8) is 0 Å². The van der Waals surface area contributed by atoms with Crippen LogP contribution in [0, 0.1) is 5.92 Å². The van der Waals surface area contributed by atoms with Crippen LogP contribution in [-0.2, 0) is 14.6 Å². The SMILES string of the molecule is C=CCCCCCS(=O)(=O)CC(C)C(=O)O. The Balaban J connectivity index is 3.88. The van der Waals surface area contributed by atoms with Crippen molar-refractivity contribution >= 4 is 15.8 Å². The van der Waals surface area contributed by atoms with Crippen LogP contribution >= 0.6 is 0 Å². The van der Waals surface area contributed by atoms with Crippen molar-refractivity contribution in [2.45, 2.75) is 32.6 Å². The molecule has 4 nitrogen and oxygen atoms in total. The topological polar surface area (TPSA) is 71.4 Å². The molecular formula is C11H20O4S. The highest BCUT2D eigenvalue weighted by Crippen LogP contribution is 2.07. The Kier molecular flexibility index (Phi) is 7.05. The summed E-state index contributed by atoms with van der Waals surface area (Å²) in [5.41, 5.74) is 0. The summed E-state index contributed by atoms with van der Waals surface area (Å²) in [6.45, 7) is 5.00. The second kappa shape index (κ2) is 7.44. The number of carboxylic acid groups (broad SMARTS) is 1. The molecule has 1 atom stereocenters. The third kappa shape index (κ3) is 7.45. The molecule has 0 fully saturated rings. The summed E-state index contributed by atoms with van der Waals surface area (Å²) in [4.78, 5) is 10.5. The van der Waals surface area contributed by atoms with Gasteiger partial charge >= 0.3 is 5.97 Å². The van der Waals surface area contributed by atoms with Gasteiger partial charge in [0.1, 0.15) is 0 Å². The summed E-state index contributed by atoms with van der Waals surface area (Å²) < 4.78 is 23.0. The Morgan fingerprint density at radius 1 is 1.38 bits per heavy atom. The molecule has 0 aromatic heterocycles. The molecule has 0 rings (SSSR count). The number of aliphatic carboxylic acids is 1. The number of allylic oxidation sites excluding steroid dienone is 1. The van der Waals surface area contributed by atoms with E-state index in [4.69, 9.17) is 5.11 Å². The molecule has 0 aliphatic carbocycles. The molecule has 16 heavy (non-hydrogen) atoms. The van der Waals surface area contributed by atoms with E-state index in [1.807, 2.05) is 0 Å². The van der Waals surface area contributed by atoms with E-state index >= 15 is 0 Å². The van der Waals surface area contributed by atoms with Gasteiger partial charge in [-0.2, -0.15) is 0 Å². The quantitative estimate of drug-likeness (QED) is 0.499. The zero-order valence-electron chi connectivity index (χ0n) is 9.68. The molecule has 0 saturated carbocycles. The lowest BCUT2D eigenvalue weighted by Gasteiger charge is -2.07. The predicted octanol–water partition coefficient (Wildman–Crippen LogP) is 1.87. The molecule has 0 aliphatic heterocycles. The van der Waals surface area contributed by atoms with Gasteiger partial charge in [0.2, 0.25) is 0 Å². The van der Waals surface area contributed by atoms with E-state index in [9.17, 15) is 13.2 Å². The highest BCUT2D eigenvalue weighted by Gasteiger charge is 2.20. The lowest BCUT2D eigenvalue weighted by molar-refractivity contribution is -0.140. The van der Waals surface area contributed by atoms with E-state index in [0.29, 0.717) is 6.42 Å². The summed E-state index contributed by atoms with van der Waals surface area (Å²) in [6, 6.07) is 0. The number of hydrogen-bond acceptors (Lipinski definition) is 3. The fourth-order valence-corrected chi connectivity index (χ4v) is 3.04. The van der Waals surface area contributed by atoms with Crippen molar-refractivity contribution in [2.75, 3.05) is 11.5 Å². The van der Waals surface area contributed by atoms with Crippen LogP contribution in [0.1, 0.15) is 32.6 Å². The first-order chi connectivity index (χ1) is 7.39. The molecule has 0 heterocycles. The number of hydrogen-bond donors (Lipinski definition) is 1. The van der Waals surface area contributed by atoms with Gasteiger partial charge in [-0.3, -0.25) is 4.79 Å². The summed E-state index contributed by atoms with van der Waals surface area (Å²) >= 11 is 0. The Morgan fingerprint density at radius 3 is 2.50 bits per heavy atom. The predicted molar refractivity (Wildman–Crippen MR) is 64.1 cm³/mol. The standard InChI is InChI=1S/C11H20O4S/c1-3-4-5-6-7-8-16(14,15)9-10(2)11(12)13/h3,10H,1,4-9H2,2H3,(H,12,13). The molecule has 0 saturated heterocycles. The molecule has 0 aliphatic rings. The molecule has 0 spiro atoms. The number of unbranched alkanes of at least 4 members (excludes halogenated alkanes) is 3. The van der Waals surface area contributed by atoms with Crippen molar-refractivity contribution in [3.8, 4) is 0 Å². The van der Waals surface area contributed by atoms with Gasteiger partial charge < -0.3 is 5.11 Å². The third-order valence-electron chi connectivity index (χ3n) is 2.29.